The second-order valence-electron chi connectivity index (χ2n) is 17.4. The first-order valence-electron chi connectivity index (χ1n) is 20.4. The fraction of sp³-hybridized carbons (Fsp3) is 0.489. The molecular weight excluding hydrogens is 651 g/mol. The number of nitrogens with one attached hydrogen (secondary N) is 1. The van der Waals surface area contributed by atoms with Crippen LogP contribution in [0.25, 0.3) is 16.8 Å². The van der Waals surface area contributed by atoms with E-state index >= 15 is 0 Å². The first-order chi connectivity index (χ1) is 25.1. The molecule has 1 aromatic carbocycles. The van der Waals surface area contributed by atoms with Crippen LogP contribution in [0.2, 0.25) is 19.6 Å². The lowest BCUT2D eigenvalue weighted by Gasteiger charge is -2.32. The normalized spacial score (nSPS) is 21.5. The van der Waals surface area contributed by atoms with Crippen LogP contribution in [0.3, 0.4) is 0 Å². The molecule has 2 aliphatic heterocycles. The summed E-state index contributed by atoms with van der Waals surface area (Å²) in [5.74, 6) is 3.15. The lowest BCUT2D eigenvalue weighted by atomic mass is 9.78. The van der Waals surface area contributed by atoms with Gasteiger partial charge in [-0.2, -0.15) is 4.57 Å². The molecule has 1 N–H and O–H groups in total. The smallest absolute Gasteiger partial charge is 0.216 e. The van der Waals surface area contributed by atoms with Crippen molar-refractivity contribution in [2.45, 2.75) is 121 Å². The van der Waals surface area contributed by atoms with Crippen LogP contribution in [0.15, 0.2) is 97.9 Å². The van der Waals surface area contributed by atoms with Crippen molar-refractivity contribution in [2.24, 2.45) is 18.9 Å². The molecule has 4 heterocycles. The van der Waals surface area contributed by atoms with E-state index in [1.165, 1.54) is 104 Å². The lowest BCUT2D eigenvalue weighted by molar-refractivity contribution is -0.706. The lowest BCUT2D eigenvalue weighted by Crippen LogP contribution is -2.53. The Morgan fingerprint density at radius 1 is 0.885 bits per heavy atom. The molecule has 0 radical (unpaired) electrons. The van der Waals surface area contributed by atoms with Crippen molar-refractivity contribution in [1.29, 1.82) is 0 Å². The first-order valence-corrected chi connectivity index (χ1v) is 23.9. The third-order valence-corrected chi connectivity index (χ3v) is 14.8. The van der Waals surface area contributed by atoms with Crippen molar-refractivity contribution in [3.8, 4) is 11.3 Å². The van der Waals surface area contributed by atoms with Gasteiger partial charge in [0.05, 0.1) is 19.6 Å². The molecule has 2 unspecified atom stereocenters. The molecule has 2 atom stereocenters. The molecule has 7 rings (SSSR count). The Morgan fingerprint density at radius 2 is 1.58 bits per heavy atom. The Hall–Kier alpha value is -3.70. The fourth-order valence-electron chi connectivity index (χ4n) is 9.96. The topological polar surface area (TPSA) is 29.0 Å². The van der Waals surface area contributed by atoms with E-state index in [0.717, 1.165) is 36.7 Å². The number of allylic oxidation sites excluding steroid dienone is 2. The molecule has 0 spiro atoms. The van der Waals surface area contributed by atoms with E-state index in [1.807, 2.05) is 0 Å². The van der Waals surface area contributed by atoms with Crippen molar-refractivity contribution in [3.63, 3.8) is 0 Å². The number of rotatable bonds is 10. The molecule has 4 nitrogen and oxygen atoms in total. The van der Waals surface area contributed by atoms with E-state index in [4.69, 9.17) is 4.74 Å². The number of fused-ring (bicyclic) bond motifs is 3. The Kier molecular flexibility index (Phi) is 11.1. The molecule has 0 saturated heterocycles. The van der Waals surface area contributed by atoms with Crippen molar-refractivity contribution in [3.05, 3.63) is 120 Å². The van der Waals surface area contributed by atoms with Gasteiger partial charge < -0.3 is 10.1 Å². The van der Waals surface area contributed by atoms with Gasteiger partial charge in [0.15, 0.2) is 24.3 Å². The zero-order chi connectivity index (χ0) is 36.4. The van der Waals surface area contributed by atoms with Crippen LogP contribution in [0.5, 0.6) is 0 Å². The van der Waals surface area contributed by atoms with Gasteiger partial charge in [-0.3, -0.25) is 0 Å². The van der Waals surface area contributed by atoms with Crippen LogP contribution in [0, 0.1) is 11.8 Å². The maximum atomic E-state index is 6.21. The Balaban J connectivity index is 1.25. The number of ether oxygens (including phenoxy) is 1. The van der Waals surface area contributed by atoms with Crippen LogP contribution in [-0.2, 0) is 24.6 Å². The summed E-state index contributed by atoms with van der Waals surface area (Å²) >= 11 is 0. The third kappa shape index (κ3) is 7.81. The minimum absolute atomic E-state index is 0.177. The van der Waals surface area contributed by atoms with Gasteiger partial charge in [0.25, 0.3) is 0 Å². The Labute approximate surface area is 315 Å². The first kappa shape index (κ1) is 36.6. The van der Waals surface area contributed by atoms with Gasteiger partial charge in [0.2, 0.25) is 11.4 Å². The summed E-state index contributed by atoms with van der Waals surface area (Å²) in [5, 5.41) is 5.09. The fourth-order valence-corrected chi connectivity index (χ4v) is 11.6. The highest BCUT2D eigenvalue weighted by molar-refractivity contribution is 6.89. The van der Waals surface area contributed by atoms with Crippen LogP contribution in [0.1, 0.15) is 111 Å². The van der Waals surface area contributed by atoms with Crippen LogP contribution < -0.4 is 19.6 Å². The van der Waals surface area contributed by atoms with E-state index in [2.05, 4.69) is 122 Å². The van der Waals surface area contributed by atoms with Crippen molar-refractivity contribution in [1.82, 2.24) is 5.32 Å². The van der Waals surface area contributed by atoms with E-state index in [1.54, 1.807) is 10.8 Å². The average molecular weight is 714 g/mol. The standard InChI is InChI=1S/C47H63N3OSi/c1-8-43-42(40-21-15-16-22-41(40)44-30-39(28-36-19-13-10-14-20-36)46(32-50(43)44)52(5,6)7)24-23-38-31-48-34(3)51-33(2)47(38)45-29-37(25-26-49(45)4)27-35-17-11-9-12-18-35/h8,15-16,21-22,25-26,29-30,32,35-36,42-43,48H,1-3,9-14,17-20,23-24,27-28,31H2,4-7H3/q+2. The predicted octanol–water partition coefficient (Wildman–Crippen LogP) is 9.92. The third-order valence-electron chi connectivity index (χ3n) is 12.7. The van der Waals surface area contributed by atoms with Gasteiger partial charge in [0.1, 0.15) is 12.8 Å². The summed E-state index contributed by atoms with van der Waals surface area (Å²) in [4.78, 5) is 0. The summed E-state index contributed by atoms with van der Waals surface area (Å²) in [6.07, 6.45) is 25.1. The second kappa shape index (κ2) is 15.7. The van der Waals surface area contributed by atoms with E-state index < -0.39 is 8.07 Å². The predicted molar refractivity (Wildman–Crippen MR) is 219 cm³/mol. The molecule has 2 aromatic heterocycles. The molecule has 52 heavy (non-hydrogen) atoms. The molecule has 0 amide bonds. The number of aromatic nitrogens is 2. The number of nitrogens with zero attached hydrogens (tertiary/aromatic N) is 2. The van der Waals surface area contributed by atoms with Gasteiger partial charge >= 0.3 is 0 Å². The summed E-state index contributed by atoms with van der Waals surface area (Å²) in [7, 11) is 0.536. The molecule has 2 fully saturated rings. The number of aryl methyl sites for hydroxylation is 1. The molecule has 0 bridgehead atoms. The Morgan fingerprint density at radius 3 is 2.27 bits per heavy atom. The van der Waals surface area contributed by atoms with Gasteiger partial charge in [-0.25, -0.2) is 4.57 Å². The van der Waals surface area contributed by atoms with E-state index in [9.17, 15) is 0 Å². The summed E-state index contributed by atoms with van der Waals surface area (Å²) in [5.41, 5.74) is 10.8. The monoisotopic (exact) mass is 713 g/mol. The maximum Gasteiger partial charge on any atom is 0.216 e. The zero-order valence-corrected chi connectivity index (χ0v) is 33.6. The van der Waals surface area contributed by atoms with Crippen molar-refractivity contribution >= 4 is 18.8 Å². The minimum atomic E-state index is -1.62. The van der Waals surface area contributed by atoms with Gasteiger partial charge in [-0.05, 0) is 78.5 Å². The minimum Gasteiger partial charge on any atom is -0.442 e. The van der Waals surface area contributed by atoms with E-state index in [-0.39, 0.29) is 6.04 Å². The summed E-state index contributed by atoms with van der Waals surface area (Å²) in [6, 6.07) is 16.7. The highest BCUT2D eigenvalue weighted by Crippen LogP contribution is 2.43. The van der Waals surface area contributed by atoms with Gasteiger partial charge in [-0.1, -0.05) is 115 Å². The Bertz CT molecular complexity index is 1850. The van der Waals surface area contributed by atoms with E-state index in [0.29, 0.717) is 24.1 Å². The molecular formula is C47H63N3OSi+2. The highest BCUT2D eigenvalue weighted by Gasteiger charge is 2.41. The van der Waals surface area contributed by atoms with Crippen LogP contribution in [-0.4, -0.2) is 14.6 Å². The maximum absolute atomic E-state index is 6.21. The average Bonchev–Trinajstić information content (AvgIpc) is 3.28. The van der Waals surface area contributed by atoms with Crippen molar-refractivity contribution in [2.75, 3.05) is 6.54 Å². The van der Waals surface area contributed by atoms with Gasteiger partial charge in [0, 0.05) is 35.5 Å². The number of hydrogen-bond acceptors (Lipinski definition) is 2. The van der Waals surface area contributed by atoms with Crippen molar-refractivity contribution < 1.29 is 13.9 Å². The quantitative estimate of drug-likeness (QED) is 0.129. The molecule has 3 aromatic rings. The number of benzene rings is 1. The molecule has 274 valence electrons. The molecule has 5 heteroatoms. The summed E-state index contributed by atoms with van der Waals surface area (Å²) < 4.78 is 11.1. The largest absolute Gasteiger partial charge is 0.442 e. The van der Waals surface area contributed by atoms with Crippen LogP contribution >= 0.6 is 0 Å². The zero-order valence-electron chi connectivity index (χ0n) is 32.6. The number of hydrogen-bond donors (Lipinski definition) is 1. The molecule has 2 saturated carbocycles. The highest BCUT2D eigenvalue weighted by atomic mass is 28.3. The summed E-state index contributed by atoms with van der Waals surface area (Å²) in [6.45, 7) is 21.4. The van der Waals surface area contributed by atoms with Crippen LogP contribution in [0.4, 0.5) is 0 Å². The molecule has 4 aliphatic rings. The number of pyridine rings is 2. The van der Waals surface area contributed by atoms with Gasteiger partial charge in [-0.15, -0.1) is 0 Å². The molecule has 2 aliphatic carbocycles. The second-order valence-corrected chi connectivity index (χ2v) is 22.5. The SMILES string of the molecule is C=CC1C(CCC2=C(c3cc(CC4CCCCC4)cc[n+]3C)C(=C)OC(=C)NC2)c2ccccc2-c2cc(CC3CCCCC3)c([Si](C)(C)C)c[n+]21.